The Labute approximate surface area is 266 Å². The van der Waals surface area contributed by atoms with Crippen molar-refractivity contribution in [1.82, 2.24) is 9.88 Å². The number of halogens is 2. The van der Waals surface area contributed by atoms with Crippen LogP contribution in [-0.2, 0) is 20.9 Å². The van der Waals surface area contributed by atoms with Gasteiger partial charge in [0, 0.05) is 41.8 Å². The van der Waals surface area contributed by atoms with Gasteiger partial charge in [-0.3, -0.25) is 14.4 Å². The summed E-state index contributed by atoms with van der Waals surface area (Å²) in [7, 11) is 2.63. The number of benzene rings is 3. The number of esters is 1. The van der Waals surface area contributed by atoms with Gasteiger partial charge < -0.3 is 24.5 Å². The lowest BCUT2D eigenvalue weighted by molar-refractivity contribution is -0.143. The highest BCUT2D eigenvalue weighted by Gasteiger charge is 2.29. The largest absolute Gasteiger partial charge is 0.497 e. The number of methoxy groups -OCH3 is 2. The third kappa shape index (κ3) is 7.94. The van der Waals surface area contributed by atoms with Crippen LogP contribution in [0.25, 0.3) is 28.3 Å². The number of hydrogen-bond acceptors (Lipinski definition) is 6. The maximum atomic E-state index is 14.8. The molecule has 0 saturated heterocycles. The second kappa shape index (κ2) is 15.3. The van der Waals surface area contributed by atoms with Crippen molar-refractivity contribution in [3.05, 3.63) is 107 Å². The summed E-state index contributed by atoms with van der Waals surface area (Å²) in [5.74, 6) is -2.23. The highest BCUT2D eigenvalue weighted by molar-refractivity contribution is 6.07. The van der Waals surface area contributed by atoms with Crippen LogP contribution in [-0.4, -0.2) is 47.7 Å². The minimum absolute atomic E-state index is 0.111. The molecule has 0 fully saturated rings. The van der Waals surface area contributed by atoms with Gasteiger partial charge in [-0.1, -0.05) is 48.5 Å². The van der Waals surface area contributed by atoms with Crippen molar-refractivity contribution < 1.29 is 37.7 Å². The molecular weight excluding hydrogens is 594 g/mol. The van der Waals surface area contributed by atoms with Crippen molar-refractivity contribution in [2.75, 3.05) is 14.2 Å². The fourth-order valence-corrected chi connectivity index (χ4v) is 5.20. The number of rotatable bonds is 13. The van der Waals surface area contributed by atoms with E-state index < -0.39 is 35.4 Å². The summed E-state index contributed by atoms with van der Waals surface area (Å²) in [5.41, 5.74) is 3.38. The van der Waals surface area contributed by atoms with Crippen molar-refractivity contribution in [3.8, 4) is 28.0 Å². The van der Waals surface area contributed by atoms with Gasteiger partial charge in [0.2, 0.25) is 0 Å². The molecule has 0 bridgehead atoms. The van der Waals surface area contributed by atoms with Gasteiger partial charge in [0.25, 0.3) is 5.91 Å². The van der Waals surface area contributed by atoms with Crippen molar-refractivity contribution in [1.29, 1.82) is 0 Å². The smallest absolute Gasteiger partial charge is 0.308 e. The lowest BCUT2D eigenvalue weighted by atomic mass is 9.94. The van der Waals surface area contributed by atoms with E-state index >= 15 is 0 Å². The Kier molecular flexibility index (Phi) is 11.2. The number of ketones is 1. The van der Waals surface area contributed by atoms with Crippen molar-refractivity contribution >= 4 is 23.7 Å². The normalized spacial score (nSPS) is 11.9. The average Bonchev–Trinajstić information content (AvgIpc) is 3.39. The molecule has 0 unspecified atom stereocenters. The summed E-state index contributed by atoms with van der Waals surface area (Å²) in [6.07, 6.45) is 0.934. The van der Waals surface area contributed by atoms with E-state index in [1.54, 1.807) is 28.8 Å². The van der Waals surface area contributed by atoms with Gasteiger partial charge in [0.05, 0.1) is 32.4 Å². The Morgan fingerprint density at radius 3 is 2.20 bits per heavy atom. The molecule has 0 radical (unpaired) electrons. The molecule has 8 nitrogen and oxygen atoms in total. The van der Waals surface area contributed by atoms with Crippen LogP contribution in [0.1, 0.15) is 54.5 Å². The van der Waals surface area contributed by atoms with Gasteiger partial charge in [0.1, 0.15) is 23.1 Å². The fourth-order valence-electron chi connectivity index (χ4n) is 5.20. The maximum absolute atomic E-state index is 14.8. The number of carbonyl (C=O) groups excluding carboxylic acids is 3. The van der Waals surface area contributed by atoms with Gasteiger partial charge in [-0.05, 0) is 55.3 Å². The first kappa shape index (κ1) is 33.8. The van der Waals surface area contributed by atoms with Crippen LogP contribution in [0.15, 0.2) is 78.9 Å². The van der Waals surface area contributed by atoms with Crippen molar-refractivity contribution in [3.63, 3.8) is 0 Å². The van der Waals surface area contributed by atoms with Crippen LogP contribution in [0.4, 0.5) is 8.78 Å². The molecule has 0 aliphatic rings. The Morgan fingerprint density at radius 1 is 0.913 bits per heavy atom. The molecular formula is C36H36F2N2O6. The molecule has 4 aromatic rings. The molecule has 0 spiro atoms. The van der Waals surface area contributed by atoms with E-state index in [0.717, 1.165) is 0 Å². The van der Waals surface area contributed by atoms with Gasteiger partial charge in [0.15, 0.2) is 5.78 Å². The van der Waals surface area contributed by atoms with Crippen LogP contribution in [0.2, 0.25) is 0 Å². The molecule has 1 heterocycles. The monoisotopic (exact) mass is 630 g/mol. The minimum Gasteiger partial charge on any atom is -0.497 e. The molecule has 10 heteroatoms. The average molecular weight is 631 g/mol. The third-order valence-corrected chi connectivity index (χ3v) is 7.36. The van der Waals surface area contributed by atoms with Crippen LogP contribution in [0.5, 0.6) is 5.75 Å². The SMILES string of the molecule is COC(=O)C[C@H](O)CC(=O)C=Cc1c(-c2ccc(F)cc2)c(-c2ccccc2)c(C(=O)NCc2ccc(OC)cc2F)n1C(C)C. The Bertz CT molecular complexity index is 1730. The lowest BCUT2D eigenvalue weighted by Gasteiger charge is -2.17. The minimum atomic E-state index is -1.24. The topological polar surface area (TPSA) is 107 Å². The summed E-state index contributed by atoms with van der Waals surface area (Å²) < 4.78 is 40.3. The number of carbonyl (C=O) groups is 3. The number of allylic oxidation sites excluding steroid dienone is 1. The highest BCUT2D eigenvalue weighted by Crippen LogP contribution is 2.42. The first-order valence-corrected chi connectivity index (χ1v) is 14.7. The van der Waals surface area contributed by atoms with E-state index in [0.29, 0.717) is 33.7 Å². The number of aromatic nitrogens is 1. The maximum Gasteiger partial charge on any atom is 0.308 e. The lowest BCUT2D eigenvalue weighted by Crippen LogP contribution is -2.27. The first-order valence-electron chi connectivity index (χ1n) is 14.7. The van der Waals surface area contributed by atoms with Gasteiger partial charge in [-0.15, -0.1) is 0 Å². The summed E-state index contributed by atoms with van der Waals surface area (Å²) in [6, 6.07) is 19.0. The second-order valence-electron chi connectivity index (χ2n) is 10.9. The zero-order valence-corrected chi connectivity index (χ0v) is 26.1. The molecule has 0 saturated carbocycles. The zero-order chi connectivity index (χ0) is 33.4. The molecule has 1 aromatic heterocycles. The van der Waals surface area contributed by atoms with Crippen LogP contribution in [0.3, 0.4) is 0 Å². The number of aliphatic hydroxyl groups excluding tert-OH is 1. The molecule has 1 amide bonds. The Balaban J connectivity index is 1.88. The molecule has 2 N–H and O–H groups in total. The molecule has 240 valence electrons. The molecule has 3 aromatic carbocycles. The summed E-state index contributed by atoms with van der Waals surface area (Å²) in [5, 5.41) is 13.1. The van der Waals surface area contributed by atoms with E-state index in [4.69, 9.17) is 4.74 Å². The highest BCUT2D eigenvalue weighted by atomic mass is 19.1. The molecule has 46 heavy (non-hydrogen) atoms. The predicted molar refractivity (Wildman–Crippen MR) is 171 cm³/mol. The summed E-state index contributed by atoms with van der Waals surface area (Å²) >= 11 is 0. The number of nitrogens with zero attached hydrogens (tertiary/aromatic N) is 1. The standard InChI is InChI=1S/C36H36F2N2O6/c1-22(2)40-31(17-15-27(41)18-28(42)19-32(43)46-4)33(24-10-13-26(37)14-11-24)34(23-8-6-5-7-9-23)35(40)36(44)39-21-25-12-16-29(45-3)20-30(25)38/h5-17,20,22,28,42H,18-19,21H2,1-4H3,(H,39,44)/t28-/m1/s1. The first-order chi connectivity index (χ1) is 22.0. The Morgan fingerprint density at radius 2 is 1.59 bits per heavy atom. The third-order valence-electron chi connectivity index (χ3n) is 7.36. The van der Waals surface area contributed by atoms with Crippen molar-refractivity contribution in [2.24, 2.45) is 0 Å². The van der Waals surface area contributed by atoms with E-state index in [-0.39, 0.29) is 36.7 Å². The van der Waals surface area contributed by atoms with Crippen molar-refractivity contribution in [2.45, 2.75) is 45.4 Å². The molecule has 0 aliphatic heterocycles. The van der Waals surface area contributed by atoms with Gasteiger partial charge >= 0.3 is 5.97 Å². The predicted octanol–water partition coefficient (Wildman–Crippen LogP) is 6.52. The van der Waals surface area contributed by atoms with Crippen LogP contribution < -0.4 is 10.1 Å². The van der Waals surface area contributed by atoms with Gasteiger partial charge in [-0.2, -0.15) is 0 Å². The number of amides is 1. The van der Waals surface area contributed by atoms with E-state index in [9.17, 15) is 28.3 Å². The van der Waals surface area contributed by atoms with E-state index in [2.05, 4.69) is 10.1 Å². The zero-order valence-electron chi connectivity index (χ0n) is 26.1. The van der Waals surface area contributed by atoms with Crippen LogP contribution in [0, 0.1) is 11.6 Å². The molecule has 4 rings (SSSR count). The number of aliphatic hydroxyl groups is 1. The number of hydrogen-bond donors (Lipinski definition) is 2. The number of nitrogens with one attached hydrogen (secondary N) is 1. The van der Waals surface area contributed by atoms with Crippen LogP contribution >= 0.6 is 0 Å². The van der Waals surface area contributed by atoms with Gasteiger partial charge in [-0.25, -0.2) is 8.78 Å². The summed E-state index contributed by atoms with van der Waals surface area (Å²) in [6.45, 7) is 3.64. The quantitative estimate of drug-likeness (QED) is 0.129. The van der Waals surface area contributed by atoms with E-state index in [1.165, 1.54) is 44.6 Å². The van der Waals surface area contributed by atoms with E-state index in [1.807, 2.05) is 44.2 Å². The fraction of sp³-hybridized carbons (Fsp3) is 0.250. The number of ether oxygens (including phenoxy) is 2. The molecule has 0 aliphatic carbocycles. The molecule has 1 atom stereocenters. The Hall–Kier alpha value is -5.09. The summed E-state index contributed by atoms with van der Waals surface area (Å²) in [4.78, 5) is 38.6. The second-order valence-corrected chi connectivity index (χ2v) is 10.9.